The molecule has 0 aromatic rings. The van der Waals surface area contributed by atoms with Crippen molar-refractivity contribution in [3.63, 3.8) is 0 Å². The summed E-state index contributed by atoms with van der Waals surface area (Å²) in [6.07, 6.45) is 12.5. The molecular weight excluding hydrogens is 232 g/mol. The zero-order chi connectivity index (χ0) is 13.1. The first-order chi connectivity index (χ1) is 8.99. The highest BCUT2D eigenvalue weighted by atomic mass is 15.1. The van der Waals surface area contributed by atoms with E-state index in [0.29, 0.717) is 16.4 Å². The Balaban J connectivity index is 1.62. The van der Waals surface area contributed by atoms with E-state index < -0.39 is 0 Å². The predicted molar refractivity (Wildman–Crippen MR) is 79.4 cm³/mol. The first-order valence-electron chi connectivity index (χ1n) is 8.30. The van der Waals surface area contributed by atoms with Crippen LogP contribution in [0.5, 0.6) is 0 Å². The second kappa shape index (κ2) is 3.77. The molecule has 2 heteroatoms. The zero-order valence-corrected chi connectivity index (χ0v) is 12.6. The van der Waals surface area contributed by atoms with Crippen molar-refractivity contribution in [3.8, 4) is 0 Å². The van der Waals surface area contributed by atoms with Gasteiger partial charge in [-0.1, -0.05) is 13.8 Å². The van der Waals surface area contributed by atoms with Gasteiger partial charge < -0.3 is 5.32 Å². The highest BCUT2D eigenvalue weighted by Gasteiger charge is 2.60. The molecule has 2 unspecified atom stereocenters. The third kappa shape index (κ3) is 2.02. The fourth-order valence-corrected chi connectivity index (χ4v) is 6.69. The van der Waals surface area contributed by atoms with Crippen molar-refractivity contribution in [1.29, 1.82) is 0 Å². The first kappa shape index (κ1) is 12.2. The Bertz CT molecular complexity index is 407. The van der Waals surface area contributed by atoms with Crippen molar-refractivity contribution in [2.45, 2.75) is 77.2 Å². The van der Waals surface area contributed by atoms with E-state index in [1.807, 2.05) is 0 Å². The lowest BCUT2D eigenvalue weighted by molar-refractivity contribution is -0.112. The second-order valence-corrected chi connectivity index (χ2v) is 8.82. The molecule has 4 aliphatic carbocycles. The minimum Gasteiger partial charge on any atom is -0.368 e. The largest absolute Gasteiger partial charge is 0.368 e. The van der Waals surface area contributed by atoms with Crippen LogP contribution in [0, 0.1) is 16.7 Å². The van der Waals surface area contributed by atoms with Crippen molar-refractivity contribution < 1.29 is 0 Å². The molecule has 0 saturated heterocycles. The number of nitrogens with zero attached hydrogens (tertiary/aromatic N) is 1. The van der Waals surface area contributed by atoms with E-state index in [-0.39, 0.29) is 0 Å². The molecule has 4 saturated carbocycles. The summed E-state index contributed by atoms with van der Waals surface area (Å²) in [6.45, 7) is 6.15. The number of hydrogen-bond acceptors (Lipinski definition) is 2. The number of rotatable bonds is 1. The van der Waals surface area contributed by atoms with Crippen molar-refractivity contribution in [1.82, 2.24) is 5.32 Å². The van der Waals surface area contributed by atoms with E-state index in [1.165, 1.54) is 63.6 Å². The molecule has 0 aromatic heterocycles. The van der Waals surface area contributed by atoms with Gasteiger partial charge in [-0.05, 0) is 68.1 Å². The lowest BCUT2D eigenvalue weighted by Gasteiger charge is -2.65. The Morgan fingerprint density at radius 2 is 1.74 bits per heavy atom. The van der Waals surface area contributed by atoms with Crippen LogP contribution >= 0.6 is 0 Å². The molecule has 5 aliphatic rings. The van der Waals surface area contributed by atoms with Crippen LogP contribution in [0.4, 0.5) is 0 Å². The maximum Gasteiger partial charge on any atom is 0.0967 e. The minimum absolute atomic E-state index is 0.402. The van der Waals surface area contributed by atoms with Gasteiger partial charge in [0.25, 0.3) is 0 Å². The summed E-state index contributed by atoms with van der Waals surface area (Å²) in [4.78, 5) is 4.76. The molecule has 0 spiro atoms. The first-order valence-corrected chi connectivity index (χ1v) is 8.30. The van der Waals surface area contributed by atoms with Gasteiger partial charge in [-0.25, -0.2) is 0 Å². The summed E-state index contributed by atoms with van der Waals surface area (Å²) in [7, 11) is 0. The standard InChI is InChI=1S/C17H28N2/c1-15-7-13-8-16(2,10-15)12-17(9-13,11-15)19-14-5-3-4-6-18-14/h13H,3-12H2,1-2H3,(H,18,19). The van der Waals surface area contributed by atoms with E-state index in [2.05, 4.69) is 19.2 Å². The van der Waals surface area contributed by atoms with E-state index in [9.17, 15) is 0 Å². The summed E-state index contributed by atoms with van der Waals surface area (Å²) in [6, 6.07) is 0. The number of nitrogens with one attached hydrogen (secondary N) is 1. The smallest absolute Gasteiger partial charge is 0.0967 e. The van der Waals surface area contributed by atoms with Gasteiger partial charge in [0.1, 0.15) is 0 Å². The molecular formula is C17H28N2. The summed E-state index contributed by atoms with van der Waals surface area (Å²) < 4.78 is 0. The third-order valence-electron chi connectivity index (χ3n) is 6.16. The Hall–Kier alpha value is -0.530. The van der Waals surface area contributed by atoms with Crippen LogP contribution in [-0.2, 0) is 0 Å². The van der Waals surface area contributed by atoms with Gasteiger partial charge in [-0.3, -0.25) is 4.99 Å². The van der Waals surface area contributed by atoms with Gasteiger partial charge in [0.2, 0.25) is 0 Å². The van der Waals surface area contributed by atoms with E-state index in [1.54, 1.807) is 0 Å². The molecule has 0 aromatic carbocycles. The SMILES string of the molecule is CC12CC3CC(C)(C1)CC(NC1=NCCCC1)(C3)C2. The lowest BCUT2D eigenvalue weighted by Crippen LogP contribution is -2.65. The van der Waals surface area contributed by atoms with Crippen molar-refractivity contribution >= 4 is 5.84 Å². The summed E-state index contributed by atoms with van der Waals surface area (Å²) in [5.74, 6) is 2.31. The van der Waals surface area contributed by atoms with Crippen LogP contribution in [0.15, 0.2) is 4.99 Å². The molecule has 106 valence electrons. The molecule has 5 rings (SSSR count). The molecule has 1 N–H and O–H groups in total. The highest BCUT2D eigenvalue weighted by molar-refractivity contribution is 5.83. The molecule has 1 aliphatic heterocycles. The van der Waals surface area contributed by atoms with Crippen molar-refractivity contribution in [3.05, 3.63) is 0 Å². The quantitative estimate of drug-likeness (QED) is 0.759. The summed E-state index contributed by atoms with van der Waals surface area (Å²) >= 11 is 0. The number of amidine groups is 1. The monoisotopic (exact) mass is 260 g/mol. The molecule has 0 amide bonds. The van der Waals surface area contributed by atoms with Gasteiger partial charge in [-0.2, -0.15) is 0 Å². The Kier molecular flexibility index (Phi) is 2.42. The van der Waals surface area contributed by atoms with Gasteiger partial charge >= 0.3 is 0 Å². The molecule has 0 radical (unpaired) electrons. The number of hydrogen-bond donors (Lipinski definition) is 1. The predicted octanol–water partition coefficient (Wildman–Crippen LogP) is 3.91. The number of aliphatic imine (C=N–C) groups is 1. The zero-order valence-electron chi connectivity index (χ0n) is 12.6. The van der Waals surface area contributed by atoms with Crippen molar-refractivity contribution in [2.24, 2.45) is 21.7 Å². The normalized spacial score (nSPS) is 52.1. The van der Waals surface area contributed by atoms with Crippen LogP contribution in [-0.4, -0.2) is 17.9 Å². The average molecular weight is 260 g/mol. The maximum atomic E-state index is 4.76. The van der Waals surface area contributed by atoms with Crippen molar-refractivity contribution in [2.75, 3.05) is 6.54 Å². The third-order valence-corrected chi connectivity index (χ3v) is 6.16. The summed E-state index contributed by atoms with van der Waals surface area (Å²) in [5.41, 5.74) is 1.62. The highest BCUT2D eigenvalue weighted by Crippen LogP contribution is 2.66. The van der Waals surface area contributed by atoms with Crippen LogP contribution < -0.4 is 5.32 Å². The topological polar surface area (TPSA) is 24.4 Å². The molecule has 1 heterocycles. The minimum atomic E-state index is 0.402. The fourth-order valence-electron chi connectivity index (χ4n) is 6.69. The summed E-state index contributed by atoms with van der Waals surface area (Å²) in [5, 5.41) is 3.96. The van der Waals surface area contributed by atoms with Gasteiger partial charge in [0.15, 0.2) is 0 Å². The van der Waals surface area contributed by atoms with Gasteiger partial charge in [-0.15, -0.1) is 0 Å². The van der Waals surface area contributed by atoms with E-state index in [4.69, 9.17) is 4.99 Å². The average Bonchev–Trinajstić information content (AvgIpc) is 2.24. The Labute approximate surface area is 117 Å². The molecule has 19 heavy (non-hydrogen) atoms. The van der Waals surface area contributed by atoms with E-state index >= 15 is 0 Å². The Morgan fingerprint density at radius 3 is 2.32 bits per heavy atom. The Morgan fingerprint density at radius 1 is 1.00 bits per heavy atom. The second-order valence-electron chi connectivity index (χ2n) is 8.82. The lowest BCUT2D eigenvalue weighted by atomic mass is 9.43. The molecule has 4 fully saturated rings. The van der Waals surface area contributed by atoms with Gasteiger partial charge in [0, 0.05) is 18.5 Å². The van der Waals surface area contributed by atoms with Gasteiger partial charge in [0.05, 0.1) is 5.84 Å². The van der Waals surface area contributed by atoms with Crippen LogP contribution in [0.2, 0.25) is 0 Å². The molecule has 4 bridgehead atoms. The van der Waals surface area contributed by atoms with Crippen LogP contribution in [0.1, 0.15) is 71.6 Å². The molecule has 2 atom stereocenters. The molecule has 2 nitrogen and oxygen atoms in total. The van der Waals surface area contributed by atoms with Crippen LogP contribution in [0.3, 0.4) is 0 Å². The maximum absolute atomic E-state index is 4.76. The fraction of sp³-hybridized carbons (Fsp3) is 0.941. The van der Waals surface area contributed by atoms with Crippen LogP contribution in [0.25, 0.3) is 0 Å². The van der Waals surface area contributed by atoms with E-state index in [0.717, 1.165) is 12.5 Å².